The first-order valence-electron chi connectivity index (χ1n) is 9.29. The summed E-state index contributed by atoms with van der Waals surface area (Å²) in [5.74, 6) is -0.487. The van der Waals surface area contributed by atoms with Crippen LogP contribution in [0.25, 0.3) is 0 Å². The number of rotatable bonds is 6. The molecule has 2 heterocycles. The summed E-state index contributed by atoms with van der Waals surface area (Å²) >= 11 is 3.01. The van der Waals surface area contributed by atoms with Crippen LogP contribution in [0.15, 0.2) is 35.1 Å². The lowest BCUT2D eigenvalue weighted by atomic mass is 10.1. The van der Waals surface area contributed by atoms with Crippen molar-refractivity contribution in [2.75, 3.05) is 5.32 Å². The molecule has 1 fully saturated rings. The van der Waals surface area contributed by atoms with Gasteiger partial charge in [-0.05, 0) is 41.3 Å². The van der Waals surface area contributed by atoms with Crippen molar-refractivity contribution < 1.29 is 18.0 Å². The molecule has 0 aliphatic heterocycles. The Morgan fingerprint density at radius 1 is 1.23 bits per heavy atom. The number of amides is 1. The molecule has 0 radical (unpaired) electrons. The summed E-state index contributed by atoms with van der Waals surface area (Å²) in [7, 11) is 0. The molecule has 1 saturated carbocycles. The normalized spacial score (nSPS) is 14.2. The first-order chi connectivity index (χ1) is 14.2. The van der Waals surface area contributed by atoms with Crippen molar-refractivity contribution in [2.24, 2.45) is 0 Å². The van der Waals surface area contributed by atoms with E-state index in [1.54, 1.807) is 4.68 Å². The van der Waals surface area contributed by atoms with E-state index >= 15 is 0 Å². The van der Waals surface area contributed by atoms with Crippen LogP contribution in [-0.4, -0.2) is 30.5 Å². The Morgan fingerprint density at radius 2 is 1.93 bits per heavy atom. The maximum Gasteiger partial charge on any atom is 0.436 e. The Morgan fingerprint density at radius 3 is 2.57 bits per heavy atom. The van der Waals surface area contributed by atoms with Gasteiger partial charge in [0.15, 0.2) is 5.69 Å². The molecule has 1 amide bonds. The third kappa shape index (κ3) is 4.55. The van der Waals surface area contributed by atoms with Gasteiger partial charge in [0.2, 0.25) is 11.9 Å². The minimum atomic E-state index is -4.60. The molecular formula is C19H18BrF3N6O. The minimum absolute atomic E-state index is 0.0254. The first-order valence-corrected chi connectivity index (χ1v) is 10.1. The van der Waals surface area contributed by atoms with Crippen LogP contribution < -0.4 is 5.32 Å². The summed E-state index contributed by atoms with van der Waals surface area (Å²) in [6.45, 7) is 2.13. The van der Waals surface area contributed by atoms with Gasteiger partial charge in [0.1, 0.15) is 12.9 Å². The van der Waals surface area contributed by atoms with E-state index in [1.807, 2.05) is 31.2 Å². The van der Waals surface area contributed by atoms with Crippen LogP contribution >= 0.6 is 15.9 Å². The summed E-state index contributed by atoms with van der Waals surface area (Å²) in [6, 6.07) is 7.93. The Hall–Kier alpha value is -2.69. The van der Waals surface area contributed by atoms with Gasteiger partial charge >= 0.3 is 6.18 Å². The summed E-state index contributed by atoms with van der Waals surface area (Å²) in [5, 5.41) is 10.3. The zero-order valence-corrected chi connectivity index (χ0v) is 17.5. The van der Waals surface area contributed by atoms with Crippen LogP contribution in [0, 0.1) is 6.92 Å². The molecular weight excluding hydrogens is 465 g/mol. The predicted octanol–water partition coefficient (Wildman–Crippen LogP) is 4.13. The molecule has 0 spiro atoms. The molecule has 0 unspecified atom stereocenters. The molecule has 3 aromatic rings. The molecule has 0 saturated heterocycles. The number of anilines is 1. The third-order valence-electron chi connectivity index (χ3n) is 4.71. The van der Waals surface area contributed by atoms with E-state index in [1.165, 1.54) is 6.33 Å². The van der Waals surface area contributed by atoms with Crippen LogP contribution in [0.1, 0.15) is 41.3 Å². The van der Waals surface area contributed by atoms with Crippen molar-refractivity contribution in [2.45, 2.75) is 44.9 Å². The number of halogens is 4. The van der Waals surface area contributed by atoms with E-state index in [0.717, 1.165) is 28.7 Å². The number of benzene rings is 1. The Kier molecular flexibility index (Phi) is 5.39. The number of carbonyl (C=O) groups is 1. The average Bonchev–Trinajstić information content (AvgIpc) is 3.31. The molecule has 1 N–H and O–H groups in total. The maximum atomic E-state index is 13.2. The van der Waals surface area contributed by atoms with Crippen LogP contribution in [0.5, 0.6) is 0 Å². The second kappa shape index (κ2) is 7.86. The van der Waals surface area contributed by atoms with Gasteiger partial charge in [-0.3, -0.25) is 14.8 Å². The quantitative estimate of drug-likeness (QED) is 0.572. The predicted molar refractivity (Wildman–Crippen MR) is 106 cm³/mol. The van der Waals surface area contributed by atoms with Crippen molar-refractivity contribution in [3.63, 3.8) is 0 Å². The number of nitrogens with one attached hydrogen (secondary N) is 1. The third-order valence-corrected chi connectivity index (χ3v) is 5.49. The molecule has 11 heteroatoms. The molecule has 1 aromatic carbocycles. The SMILES string of the molecule is Cc1ccc(Cn2cnc(NC(=O)Cn3nc(C(F)(F)F)c(Br)c3C3CC3)n2)cc1. The second-order valence-electron chi connectivity index (χ2n) is 7.28. The Labute approximate surface area is 178 Å². The number of alkyl halides is 3. The van der Waals surface area contributed by atoms with Crippen molar-refractivity contribution in [1.29, 1.82) is 0 Å². The summed E-state index contributed by atoms with van der Waals surface area (Å²) in [5.41, 5.74) is 1.56. The van der Waals surface area contributed by atoms with Gasteiger partial charge in [-0.15, -0.1) is 5.10 Å². The average molecular weight is 483 g/mol. The Bertz CT molecular complexity index is 1070. The molecule has 4 rings (SSSR count). The summed E-state index contributed by atoms with van der Waals surface area (Å²) in [4.78, 5) is 16.4. The lowest BCUT2D eigenvalue weighted by molar-refractivity contribution is -0.142. The number of hydrogen-bond donors (Lipinski definition) is 1. The fraction of sp³-hybridized carbons (Fsp3) is 0.368. The van der Waals surface area contributed by atoms with Crippen LogP contribution in [0.3, 0.4) is 0 Å². The van der Waals surface area contributed by atoms with E-state index in [9.17, 15) is 18.0 Å². The molecule has 2 aromatic heterocycles. The Balaban J connectivity index is 1.44. The van der Waals surface area contributed by atoms with Crippen molar-refractivity contribution in [1.82, 2.24) is 24.5 Å². The van der Waals surface area contributed by atoms with Gasteiger partial charge in [-0.1, -0.05) is 29.8 Å². The number of carbonyl (C=O) groups excluding carboxylic acids is 1. The molecule has 0 atom stereocenters. The van der Waals surface area contributed by atoms with Crippen LogP contribution in [0.2, 0.25) is 0 Å². The van der Waals surface area contributed by atoms with E-state index in [0.29, 0.717) is 12.2 Å². The fourth-order valence-corrected chi connectivity index (χ4v) is 3.94. The summed E-state index contributed by atoms with van der Waals surface area (Å²) < 4.78 is 42.1. The van der Waals surface area contributed by atoms with Gasteiger partial charge in [-0.25, -0.2) is 9.67 Å². The van der Waals surface area contributed by atoms with Crippen LogP contribution in [-0.2, 0) is 24.1 Å². The van der Waals surface area contributed by atoms with Crippen molar-refractivity contribution in [3.8, 4) is 0 Å². The molecule has 1 aliphatic rings. The highest BCUT2D eigenvalue weighted by Crippen LogP contribution is 2.46. The lowest BCUT2D eigenvalue weighted by Crippen LogP contribution is -2.22. The standard InChI is InChI=1S/C19H18BrF3N6O/c1-11-2-4-12(5-3-11)8-28-10-24-18(27-28)25-14(30)9-29-16(13-6-7-13)15(20)17(26-29)19(21,22)23/h2-5,10,13H,6-9H2,1H3,(H,25,27,30). The molecule has 158 valence electrons. The lowest BCUT2D eigenvalue weighted by Gasteiger charge is -2.06. The second-order valence-corrected chi connectivity index (χ2v) is 8.07. The van der Waals surface area contributed by atoms with Crippen molar-refractivity contribution >= 4 is 27.8 Å². The minimum Gasteiger partial charge on any atom is -0.292 e. The number of nitrogens with zero attached hydrogens (tertiary/aromatic N) is 5. The largest absolute Gasteiger partial charge is 0.436 e. The highest BCUT2D eigenvalue weighted by atomic mass is 79.9. The molecule has 0 bridgehead atoms. The van der Waals surface area contributed by atoms with Gasteiger partial charge in [0.25, 0.3) is 0 Å². The molecule has 30 heavy (non-hydrogen) atoms. The maximum absolute atomic E-state index is 13.2. The number of hydrogen-bond acceptors (Lipinski definition) is 4. The van der Waals surface area contributed by atoms with Gasteiger partial charge in [0, 0.05) is 5.92 Å². The molecule has 1 aliphatic carbocycles. The van der Waals surface area contributed by atoms with Gasteiger partial charge in [0.05, 0.1) is 16.7 Å². The van der Waals surface area contributed by atoms with Gasteiger partial charge in [-0.2, -0.15) is 18.3 Å². The zero-order valence-electron chi connectivity index (χ0n) is 15.9. The van der Waals surface area contributed by atoms with Crippen molar-refractivity contribution in [3.05, 3.63) is 57.6 Å². The fourth-order valence-electron chi connectivity index (χ4n) is 3.11. The topological polar surface area (TPSA) is 77.6 Å². The smallest absolute Gasteiger partial charge is 0.292 e. The highest BCUT2D eigenvalue weighted by molar-refractivity contribution is 9.10. The van der Waals surface area contributed by atoms with E-state index in [-0.39, 0.29) is 22.9 Å². The van der Waals surface area contributed by atoms with E-state index in [2.05, 4.69) is 36.4 Å². The highest BCUT2D eigenvalue weighted by Gasteiger charge is 2.42. The number of aryl methyl sites for hydroxylation is 1. The molecule has 7 nitrogen and oxygen atoms in total. The van der Waals surface area contributed by atoms with Crippen LogP contribution in [0.4, 0.5) is 19.1 Å². The zero-order chi connectivity index (χ0) is 21.5. The van der Waals surface area contributed by atoms with E-state index < -0.39 is 17.8 Å². The van der Waals surface area contributed by atoms with E-state index in [4.69, 9.17) is 0 Å². The summed E-state index contributed by atoms with van der Waals surface area (Å²) in [6.07, 6.45) is -1.57. The monoisotopic (exact) mass is 482 g/mol. The number of aromatic nitrogens is 5. The van der Waals surface area contributed by atoms with Gasteiger partial charge < -0.3 is 0 Å². The first kappa shape index (κ1) is 20.6.